The van der Waals surface area contributed by atoms with Gasteiger partial charge in [0.25, 0.3) is 0 Å². The molecule has 0 heterocycles. The second-order valence-corrected chi connectivity index (χ2v) is 6.56. The molecule has 0 atom stereocenters. The first-order valence-electron chi connectivity index (χ1n) is 8.03. The second kappa shape index (κ2) is 7.77. The number of hydrogen-bond acceptors (Lipinski definition) is 2. The zero-order valence-electron chi connectivity index (χ0n) is 14.1. The summed E-state index contributed by atoms with van der Waals surface area (Å²) in [6.45, 7) is 3.97. The highest BCUT2D eigenvalue weighted by Crippen LogP contribution is 2.15. The van der Waals surface area contributed by atoms with E-state index in [1.807, 2.05) is 32.0 Å². The summed E-state index contributed by atoms with van der Waals surface area (Å²) in [4.78, 5) is 23.5. The van der Waals surface area contributed by atoms with Gasteiger partial charge in [0.15, 0.2) is 0 Å². The predicted octanol–water partition coefficient (Wildman–Crippen LogP) is 3.45. The molecule has 126 valence electrons. The molecule has 2 aromatic rings. The first-order valence-corrected chi connectivity index (χ1v) is 8.03. The Bertz CT molecular complexity index is 708. The van der Waals surface area contributed by atoms with E-state index in [2.05, 4.69) is 17.4 Å². The lowest BCUT2D eigenvalue weighted by molar-refractivity contribution is -0.122. The molecule has 2 aromatic carbocycles. The van der Waals surface area contributed by atoms with Gasteiger partial charge in [0.05, 0.1) is 12.0 Å². The third-order valence-corrected chi connectivity index (χ3v) is 3.96. The van der Waals surface area contributed by atoms with Gasteiger partial charge in [-0.05, 0) is 43.9 Å². The molecule has 0 aromatic heterocycles. The lowest BCUT2D eigenvalue weighted by atomic mass is 9.94. The molecule has 0 fully saturated rings. The number of carbonyl (C=O) groups is 2. The van der Waals surface area contributed by atoms with Crippen LogP contribution in [0.2, 0.25) is 0 Å². The Morgan fingerprint density at radius 2 is 1.62 bits per heavy atom. The summed E-state index contributed by atoms with van der Waals surface area (Å²) in [5, 5.41) is 12.2. The summed E-state index contributed by atoms with van der Waals surface area (Å²) >= 11 is 0. The molecule has 4 heteroatoms. The monoisotopic (exact) mass is 325 g/mol. The summed E-state index contributed by atoms with van der Waals surface area (Å²) < 4.78 is 0. The Morgan fingerprint density at radius 3 is 2.29 bits per heavy atom. The van der Waals surface area contributed by atoms with Crippen molar-refractivity contribution < 1.29 is 14.7 Å². The van der Waals surface area contributed by atoms with Gasteiger partial charge in [0.1, 0.15) is 0 Å². The minimum atomic E-state index is -1.01. The summed E-state index contributed by atoms with van der Waals surface area (Å²) in [5.41, 5.74) is 1.58. The number of amides is 1. The van der Waals surface area contributed by atoms with Crippen LogP contribution in [-0.4, -0.2) is 22.5 Å². The third kappa shape index (κ3) is 5.23. The van der Waals surface area contributed by atoms with Crippen molar-refractivity contribution in [2.45, 2.75) is 38.6 Å². The SMILES string of the molecule is CC(C)(CCc1ccccc1)NC(=O)Cc1ccccc1C(=O)O. The van der Waals surface area contributed by atoms with E-state index in [0.29, 0.717) is 5.56 Å². The molecule has 0 unspecified atom stereocenters. The number of aryl methyl sites for hydroxylation is 1. The maximum Gasteiger partial charge on any atom is 0.335 e. The fourth-order valence-electron chi connectivity index (χ4n) is 2.64. The van der Waals surface area contributed by atoms with Gasteiger partial charge >= 0.3 is 5.97 Å². The van der Waals surface area contributed by atoms with Crippen LogP contribution in [0, 0.1) is 0 Å². The molecular formula is C20H23NO3. The fraction of sp³-hybridized carbons (Fsp3) is 0.300. The van der Waals surface area contributed by atoms with Crippen LogP contribution < -0.4 is 5.32 Å². The Labute approximate surface area is 142 Å². The van der Waals surface area contributed by atoms with Gasteiger partial charge in [-0.1, -0.05) is 48.5 Å². The highest BCUT2D eigenvalue weighted by molar-refractivity contribution is 5.91. The van der Waals surface area contributed by atoms with Gasteiger partial charge in [-0.15, -0.1) is 0 Å². The molecule has 0 saturated carbocycles. The van der Waals surface area contributed by atoms with Gasteiger partial charge < -0.3 is 10.4 Å². The summed E-state index contributed by atoms with van der Waals surface area (Å²) in [5.74, 6) is -1.18. The number of benzene rings is 2. The van der Waals surface area contributed by atoms with Crippen molar-refractivity contribution in [3.05, 3.63) is 71.3 Å². The fourth-order valence-corrected chi connectivity index (χ4v) is 2.64. The largest absolute Gasteiger partial charge is 0.478 e. The molecular weight excluding hydrogens is 302 g/mol. The second-order valence-electron chi connectivity index (χ2n) is 6.56. The van der Waals surface area contributed by atoms with Crippen LogP contribution >= 0.6 is 0 Å². The number of nitrogens with one attached hydrogen (secondary N) is 1. The van der Waals surface area contributed by atoms with Crippen molar-refractivity contribution in [2.24, 2.45) is 0 Å². The average molecular weight is 325 g/mol. The maximum absolute atomic E-state index is 12.3. The first-order chi connectivity index (χ1) is 11.4. The van der Waals surface area contributed by atoms with Crippen LogP contribution in [-0.2, 0) is 17.6 Å². The lowest BCUT2D eigenvalue weighted by Crippen LogP contribution is -2.44. The van der Waals surface area contributed by atoms with Gasteiger partial charge in [0.2, 0.25) is 5.91 Å². The van der Waals surface area contributed by atoms with E-state index in [-0.39, 0.29) is 23.4 Å². The average Bonchev–Trinajstić information content (AvgIpc) is 2.54. The van der Waals surface area contributed by atoms with Crippen molar-refractivity contribution >= 4 is 11.9 Å². The van der Waals surface area contributed by atoms with E-state index in [9.17, 15) is 14.7 Å². The topological polar surface area (TPSA) is 66.4 Å². The van der Waals surface area contributed by atoms with E-state index >= 15 is 0 Å². The van der Waals surface area contributed by atoms with E-state index < -0.39 is 5.97 Å². The van der Waals surface area contributed by atoms with Crippen LogP contribution in [0.5, 0.6) is 0 Å². The Hall–Kier alpha value is -2.62. The number of carbonyl (C=O) groups excluding carboxylic acids is 1. The van der Waals surface area contributed by atoms with E-state index in [0.717, 1.165) is 12.8 Å². The van der Waals surface area contributed by atoms with Crippen LogP contribution in [0.3, 0.4) is 0 Å². The van der Waals surface area contributed by atoms with Gasteiger partial charge in [-0.3, -0.25) is 4.79 Å². The van der Waals surface area contributed by atoms with E-state index in [1.165, 1.54) is 11.6 Å². The Kier molecular flexibility index (Phi) is 5.74. The predicted molar refractivity (Wildman–Crippen MR) is 94.1 cm³/mol. The van der Waals surface area contributed by atoms with Crippen molar-refractivity contribution in [2.75, 3.05) is 0 Å². The molecule has 0 radical (unpaired) electrons. The minimum Gasteiger partial charge on any atom is -0.478 e. The smallest absolute Gasteiger partial charge is 0.335 e. The molecule has 0 spiro atoms. The molecule has 4 nitrogen and oxygen atoms in total. The van der Waals surface area contributed by atoms with E-state index in [1.54, 1.807) is 18.2 Å². The number of hydrogen-bond donors (Lipinski definition) is 2. The highest BCUT2D eigenvalue weighted by Gasteiger charge is 2.21. The van der Waals surface area contributed by atoms with Gasteiger partial charge in [-0.2, -0.15) is 0 Å². The van der Waals surface area contributed by atoms with Crippen molar-refractivity contribution in [1.82, 2.24) is 5.32 Å². The van der Waals surface area contributed by atoms with Crippen LogP contribution in [0.15, 0.2) is 54.6 Å². The standard InChI is InChI=1S/C20H23NO3/c1-20(2,13-12-15-8-4-3-5-9-15)21-18(22)14-16-10-6-7-11-17(16)19(23)24/h3-11H,12-14H2,1-2H3,(H,21,22)(H,23,24). The molecule has 2 N–H and O–H groups in total. The van der Waals surface area contributed by atoms with Crippen LogP contribution in [0.4, 0.5) is 0 Å². The molecule has 2 rings (SSSR count). The quantitative estimate of drug-likeness (QED) is 0.819. The van der Waals surface area contributed by atoms with Crippen molar-refractivity contribution in [3.63, 3.8) is 0 Å². The van der Waals surface area contributed by atoms with Crippen molar-refractivity contribution in [1.29, 1.82) is 0 Å². The molecule has 24 heavy (non-hydrogen) atoms. The third-order valence-electron chi connectivity index (χ3n) is 3.96. The normalized spacial score (nSPS) is 11.1. The zero-order chi connectivity index (χ0) is 17.6. The zero-order valence-corrected chi connectivity index (χ0v) is 14.1. The van der Waals surface area contributed by atoms with Crippen molar-refractivity contribution in [3.8, 4) is 0 Å². The summed E-state index contributed by atoms with van der Waals surface area (Å²) in [6, 6.07) is 16.7. The van der Waals surface area contributed by atoms with Gasteiger partial charge in [0, 0.05) is 5.54 Å². The van der Waals surface area contributed by atoms with Gasteiger partial charge in [-0.25, -0.2) is 4.79 Å². The molecule has 0 aliphatic carbocycles. The Balaban J connectivity index is 1.94. The molecule has 0 aliphatic rings. The number of carboxylic acids is 1. The molecule has 1 amide bonds. The molecule has 0 bridgehead atoms. The number of aromatic carboxylic acids is 1. The minimum absolute atomic E-state index is 0.0667. The Morgan fingerprint density at radius 1 is 1.00 bits per heavy atom. The summed E-state index contributed by atoms with van der Waals surface area (Å²) in [7, 11) is 0. The molecule has 0 aliphatic heterocycles. The molecule has 0 saturated heterocycles. The number of carboxylic acid groups (broad SMARTS) is 1. The number of rotatable bonds is 7. The highest BCUT2D eigenvalue weighted by atomic mass is 16.4. The van der Waals surface area contributed by atoms with E-state index in [4.69, 9.17) is 0 Å². The van der Waals surface area contributed by atoms with Crippen LogP contribution in [0.1, 0.15) is 41.8 Å². The maximum atomic E-state index is 12.3. The first kappa shape index (κ1) is 17.7. The summed E-state index contributed by atoms with van der Waals surface area (Å²) in [6.07, 6.45) is 1.75. The lowest BCUT2D eigenvalue weighted by Gasteiger charge is -2.26. The van der Waals surface area contributed by atoms with Crippen LogP contribution in [0.25, 0.3) is 0 Å².